The minimum absolute atomic E-state index is 0.0669. The number of benzene rings is 2. The number of carbonyl (C=O) groups is 1. The van der Waals surface area contributed by atoms with E-state index in [1.54, 1.807) is 49.6 Å². The Hall–Kier alpha value is -2.33. The molecule has 0 aromatic heterocycles. The first-order valence-corrected chi connectivity index (χ1v) is 6.66. The maximum atomic E-state index is 11.5. The Bertz CT molecular complexity index is 622. The van der Waals surface area contributed by atoms with E-state index in [0.29, 0.717) is 22.6 Å². The lowest BCUT2D eigenvalue weighted by Gasteiger charge is -2.15. The quantitative estimate of drug-likeness (QED) is 0.829. The Balaban J connectivity index is 2.07. The van der Waals surface area contributed by atoms with Gasteiger partial charge in [0.15, 0.2) is 5.78 Å². The molecular formula is C17H18O4. The monoisotopic (exact) mass is 286 g/mol. The summed E-state index contributed by atoms with van der Waals surface area (Å²) in [6.45, 7) is 1.55. The van der Waals surface area contributed by atoms with Gasteiger partial charge in [0, 0.05) is 0 Å². The van der Waals surface area contributed by atoms with Crippen molar-refractivity contribution in [2.45, 2.75) is 13.0 Å². The van der Waals surface area contributed by atoms with Crippen LogP contribution in [-0.2, 0) is 0 Å². The molecule has 0 radical (unpaired) electrons. The third-order valence-electron chi connectivity index (χ3n) is 3.14. The first-order chi connectivity index (χ1) is 10.1. The molecule has 0 heterocycles. The number of ketones is 1. The largest absolute Gasteiger partial charge is 0.497 e. The molecule has 2 aromatic carbocycles. The zero-order chi connectivity index (χ0) is 15.2. The maximum Gasteiger partial charge on any atom is 0.163 e. The molecule has 0 saturated carbocycles. The van der Waals surface area contributed by atoms with E-state index in [0.717, 1.165) is 0 Å². The van der Waals surface area contributed by atoms with E-state index in [2.05, 4.69) is 0 Å². The number of para-hydroxylation sites is 1. The highest BCUT2D eigenvalue weighted by Gasteiger charge is 2.12. The van der Waals surface area contributed by atoms with Crippen LogP contribution in [0.1, 0.15) is 28.9 Å². The SMILES string of the molecule is COc1cccc(C(O)COc2ccccc2C(C)=O)c1. The second kappa shape index (κ2) is 6.90. The van der Waals surface area contributed by atoms with Crippen LogP contribution in [-0.4, -0.2) is 24.6 Å². The summed E-state index contributed by atoms with van der Waals surface area (Å²) in [4.78, 5) is 11.5. The van der Waals surface area contributed by atoms with E-state index in [4.69, 9.17) is 9.47 Å². The Morgan fingerprint density at radius 2 is 1.95 bits per heavy atom. The third-order valence-corrected chi connectivity index (χ3v) is 3.14. The summed E-state index contributed by atoms with van der Waals surface area (Å²) < 4.78 is 10.7. The molecule has 0 aliphatic carbocycles. The average Bonchev–Trinajstić information content (AvgIpc) is 2.52. The second-order valence-corrected chi connectivity index (χ2v) is 4.66. The van der Waals surface area contributed by atoms with Gasteiger partial charge >= 0.3 is 0 Å². The van der Waals surface area contributed by atoms with Gasteiger partial charge in [-0.25, -0.2) is 0 Å². The van der Waals surface area contributed by atoms with Crippen LogP contribution in [0.25, 0.3) is 0 Å². The van der Waals surface area contributed by atoms with Crippen molar-refractivity contribution in [1.82, 2.24) is 0 Å². The highest BCUT2D eigenvalue weighted by atomic mass is 16.5. The van der Waals surface area contributed by atoms with E-state index in [1.807, 2.05) is 6.07 Å². The number of rotatable bonds is 6. The molecule has 0 aliphatic heterocycles. The number of ether oxygens (including phenoxy) is 2. The van der Waals surface area contributed by atoms with Crippen molar-refractivity contribution < 1.29 is 19.4 Å². The zero-order valence-electron chi connectivity index (χ0n) is 12.1. The Morgan fingerprint density at radius 3 is 2.67 bits per heavy atom. The van der Waals surface area contributed by atoms with Gasteiger partial charge in [-0.1, -0.05) is 24.3 Å². The van der Waals surface area contributed by atoms with Crippen molar-refractivity contribution in [2.75, 3.05) is 13.7 Å². The lowest BCUT2D eigenvalue weighted by molar-refractivity contribution is 0.0977. The highest BCUT2D eigenvalue weighted by Crippen LogP contribution is 2.23. The molecule has 0 aliphatic rings. The number of hydrogen-bond acceptors (Lipinski definition) is 4. The van der Waals surface area contributed by atoms with Crippen molar-refractivity contribution in [3.05, 3.63) is 59.7 Å². The molecule has 4 heteroatoms. The first-order valence-electron chi connectivity index (χ1n) is 6.66. The van der Waals surface area contributed by atoms with Crippen LogP contribution in [0.15, 0.2) is 48.5 Å². The smallest absolute Gasteiger partial charge is 0.163 e. The summed E-state index contributed by atoms with van der Waals surface area (Å²) in [7, 11) is 1.57. The van der Waals surface area contributed by atoms with Gasteiger partial charge < -0.3 is 14.6 Å². The van der Waals surface area contributed by atoms with E-state index in [9.17, 15) is 9.90 Å². The minimum Gasteiger partial charge on any atom is -0.497 e. The lowest BCUT2D eigenvalue weighted by atomic mass is 10.1. The fourth-order valence-electron chi connectivity index (χ4n) is 2.00. The molecule has 2 aromatic rings. The fraction of sp³-hybridized carbons (Fsp3) is 0.235. The van der Waals surface area contributed by atoms with Crippen LogP contribution in [0, 0.1) is 0 Å². The van der Waals surface area contributed by atoms with E-state index < -0.39 is 6.10 Å². The molecule has 1 atom stereocenters. The van der Waals surface area contributed by atoms with Gasteiger partial charge in [0.2, 0.25) is 0 Å². The van der Waals surface area contributed by atoms with Crippen LogP contribution >= 0.6 is 0 Å². The van der Waals surface area contributed by atoms with Gasteiger partial charge in [0.05, 0.1) is 12.7 Å². The standard InChI is InChI=1S/C17H18O4/c1-12(18)15-8-3-4-9-17(15)21-11-16(19)13-6-5-7-14(10-13)20-2/h3-10,16,19H,11H2,1-2H3. The Morgan fingerprint density at radius 1 is 1.19 bits per heavy atom. The third kappa shape index (κ3) is 3.83. The molecule has 1 N–H and O–H groups in total. The van der Waals surface area contributed by atoms with Crippen molar-refractivity contribution in [3.8, 4) is 11.5 Å². The Kier molecular flexibility index (Phi) is 4.95. The summed E-state index contributed by atoms with van der Waals surface area (Å²) in [5, 5.41) is 10.2. The van der Waals surface area contributed by atoms with E-state index >= 15 is 0 Å². The topological polar surface area (TPSA) is 55.8 Å². The summed E-state index contributed by atoms with van der Waals surface area (Å²) in [6.07, 6.45) is -0.792. The van der Waals surface area contributed by atoms with Crippen LogP contribution in [0.4, 0.5) is 0 Å². The van der Waals surface area contributed by atoms with Crippen LogP contribution in [0.2, 0.25) is 0 Å². The van der Waals surface area contributed by atoms with Gasteiger partial charge in [-0.2, -0.15) is 0 Å². The molecule has 0 spiro atoms. The van der Waals surface area contributed by atoms with Gasteiger partial charge in [0.25, 0.3) is 0 Å². The number of methoxy groups -OCH3 is 1. The predicted octanol–water partition coefficient (Wildman–Crippen LogP) is 3.01. The molecule has 2 rings (SSSR count). The highest BCUT2D eigenvalue weighted by molar-refractivity contribution is 5.96. The summed E-state index contributed by atoms with van der Waals surface area (Å²) in [6, 6.07) is 14.2. The first kappa shape index (κ1) is 15.1. The zero-order valence-corrected chi connectivity index (χ0v) is 12.1. The van der Waals surface area contributed by atoms with Crippen LogP contribution in [0.3, 0.4) is 0 Å². The molecular weight excluding hydrogens is 268 g/mol. The Labute approximate surface area is 123 Å². The van der Waals surface area contributed by atoms with Crippen molar-refractivity contribution in [1.29, 1.82) is 0 Å². The second-order valence-electron chi connectivity index (χ2n) is 4.66. The molecule has 110 valence electrons. The van der Waals surface area contributed by atoms with Crippen LogP contribution in [0.5, 0.6) is 11.5 Å². The van der Waals surface area contributed by atoms with Gasteiger partial charge in [-0.15, -0.1) is 0 Å². The van der Waals surface area contributed by atoms with Gasteiger partial charge in [-0.3, -0.25) is 4.79 Å². The molecule has 21 heavy (non-hydrogen) atoms. The van der Waals surface area contributed by atoms with Crippen molar-refractivity contribution >= 4 is 5.78 Å². The molecule has 0 fully saturated rings. The number of aliphatic hydroxyl groups is 1. The van der Waals surface area contributed by atoms with E-state index in [1.165, 1.54) is 6.92 Å². The average molecular weight is 286 g/mol. The predicted molar refractivity (Wildman–Crippen MR) is 79.9 cm³/mol. The summed E-state index contributed by atoms with van der Waals surface area (Å²) in [5.74, 6) is 1.09. The molecule has 0 bridgehead atoms. The molecule has 0 amide bonds. The minimum atomic E-state index is -0.792. The fourth-order valence-corrected chi connectivity index (χ4v) is 2.00. The maximum absolute atomic E-state index is 11.5. The number of aliphatic hydroxyl groups excluding tert-OH is 1. The normalized spacial score (nSPS) is 11.8. The van der Waals surface area contributed by atoms with Crippen LogP contribution < -0.4 is 9.47 Å². The van der Waals surface area contributed by atoms with Crippen molar-refractivity contribution in [2.24, 2.45) is 0 Å². The molecule has 0 saturated heterocycles. The number of carbonyl (C=O) groups excluding carboxylic acids is 1. The lowest BCUT2D eigenvalue weighted by Crippen LogP contribution is -2.11. The summed E-state index contributed by atoms with van der Waals surface area (Å²) >= 11 is 0. The number of hydrogen-bond donors (Lipinski definition) is 1. The number of Topliss-reactive ketones (excluding diaryl/α,β-unsaturated/α-hetero) is 1. The van der Waals surface area contributed by atoms with Gasteiger partial charge in [0.1, 0.15) is 24.2 Å². The van der Waals surface area contributed by atoms with Crippen molar-refractivity contribution in [3.63, 3.8) is 0 Å². The van der Waals surface area contributed by atoms with E-state index in [-0.39, 0.29) is 12.4 Å². The van der Waals surface area contributed by atoms with Gasteiger partial charge in [-0.05, 0) is 36.8 Å². The summed E-state index contributed by atoms with van der Waals surface area (Å²) in [5.41, 5.74) is 1.21. The molecule has 1 unspecified atom stereocenters. The molecule has 4 nitrogen and oxygen atoms in total.